The monoisotopic (exact) mass is 487 g/mol. The standard InChI is InChI=1S/C30H33NO5/c1-2-26-31-30-29(36-26)28(34-20-24-16-10-5-11-17-24)27(33-19-23-14-8-4-9-15-23)25(35-30)21-32-18-22-12-6-3-7-13-22/h3-17,25,27-30H,2,18-21H2,1H3/t25-,27-,28+,29+,30-/m1/s1. The Kier molecular flexibility index (Phi) is 8.41. The Morgan fingerprint density at radius 1 is 0.694 bits per heavy atom. The van der Waals surface area contributed by atoms with Crippen molar-refractivity contribution in [3.05, 3.63) is 108 Å². The summed E-state index contributed by atoms with van der Waals surface area (Å²) in [5.74, 6) is 0.686. The average Bonchev–Trinajstić information content (AvgIpc) is 3.35. The third kappa shape index (κ3) is 6.20. The van der Waals surface area contributed by atoms with Crippen LogP contribution < -0.4 is 0 Å². The van der Waals surface area contributed by atoms with Crippen LogP contribution >= 0.6 is 0 Å². The van der Waals surface area contributed by atoms with Crippen LogP contribution in [0, 0.1) is 0 Å². The van der Waals surface area contributed by atoms with E-state index in [2.05, 4.69) is 41.4 Å². The molecule has 2 aliphatic heterocycles. The van der Waals surface area contributed by atoms with Gasteiger partial charge in [-0.25, -0.2) is 4.99 Å². The zero-order chi connectivity index (χ0) is 24.6. The normalized spacial score (nSPS) is 25.1. The summed E-state index contributed by atoms with van der Waals surface area (Å²) >= 11 is 0. The van der Waals surface area contributed by atoms with Crippen LogP contribution in [0.1, 0.15) is 30.0 Å². The lowest BCUT2D eigenvalue weighted by molar-refractivity contribution is -0.249. The van der Waals surface area contributed by atoms with Gasteiger partial charge < -0.3 is 23.7 Å². The van der Waals surface area contributed by atoms with Crippen molar-refractivity contribution in [2.24, 2.45) is 4.99 Å². The van der Waals surface area contributed by atoms with Crippen molar-refractivity contribution in [2.45, 2.75) is 63.8 Å². The van der Waals surface area contributed by atoms with E-state index in [0.717, 1.165) is 16.7 Å². The fraction of sp³-hybridized carbons (Fsp3) is 0.367. The van der Waals surface area contributed by atoms with E-state index in [0.29, 0.717) is 38.7 Å². The largest absolute Gasteiger partial charge is 0.470 e. The highest BCUT2D eigenvalue weighted by atomic mass is 16.6. The molecule has 3 aromatic carbocycles. The quantitative estimate of drug-likeness (QED) is 0.367. The van der Waals surface area contributed by atoms with Gasteiger partial charge in [0.1, 0.15) is 18.3 Å². The molecule has 6 heteroatoms. The number of aliphatic imine (C=N–C) groups is 1. The molecule has 5 atom stereocenters. The summed E-state index contributed by atoms with van der Waals surface area (Å²) in [5.41, 5.74) is 3.29. The molecule has 5 rings (SSSR count). The molecule has 3 aromatic rings. The highest BCUT2D eigenvalue weighted by Crippen LogP contribution is 2.34. The Morgan fingerprint density at radius 2 is 1.22 bits per heavy atom. The van der Waals surface area contributed by atoms with E-state index >= 15 is 0 Å². The summed E-state index contributed by atoms with van der Waals surface area (Å²) in [6.45, 7) is 3.77. The van der Waals surface area contributed by atoms with Crippen LogP contribution in [0.2, 0.25) is 0 Å². The second-order valence-electron chi connectivity index (χ2n) is 9.05. The summed E-state index contributed by atoms with van der Waals surface area (Å²) in [4.78, 5) is 4.68. The predicted molar refractivity (Wildman–Crippen MR) is 137 cm³/mol. The van der Waals surface area contributed by atoms with Gasteiger partial charge >= 0.3 is 0 Å². The number of ether oxygens (including phenoxy) is 5. The molecule has 0 radical (unpaired) electrons. The van der Waals surface area contributed by atoms with Gasteiger partial charge in [-0.05, 0) is 16.7 Å². The summed E-state index contributed by atoms with van der Waals surface area (Å²) in [6, 6.07) is 30.4. The number of nitrogens with zero attached hydrogens (tertiary/aromatic N) is 1. The zero-order valence-electron chi connectivity index (χ0n) is 20.6. The fourth-order valence-corrected chi connectivity index (χ4v) is 4.55. The lowest BCUT2D eigenvalue weighted by atomic mass is 9.97. The summed E-state index contributed by atoms with van der Waals surface area (Å²) in [6.07, 6.45) is -1.23. The molecule has 188 valence electrons. The maximum atomic E-state index is 6.51. The van der Waals surface area contributed by atoms with Crippen LogP contribution in [-0.4, -0.2) is 43.1 Å². The third-order valence-electron chi connectivity index (χ3n) is 6.42. The molecule has 0 unspecified atom stereocenters. The SMILES string of the molecule is CCC1=N[C@@H]2O[C@H](COCc3ccccc3)[C@@H](OCc3ccccc3)[C@H](OCc3ccccc3)[C@@H]2O1. The molecule has 6 nitrogen and oxygen atoms in total. The maximum absolute atomic E-state index is 6.51. The molecule has 0 bridgehead atoms. The Morgan fingerprint density at radius 3 is 1.78 bits per heavy atom. The Bertz CT molecular complexity index is 1090. The highest BCUT2D eigenvalue weighted by molar-refractivity contribution is 5.77. The lowest BCUT2D eigenvalue weighted by Crippen LogP contribution is -2.59. The van der Waals surface area contributed by atoms with E-state index in [9.17, 15) is 0 Å². The zero-order valence-corrected chi connectivity index (χ0v) is 20.6. The smallest absolute Gasteiger partial charge is 0.191 e. The second kappa shape index (κ2) is 12.3. The van der Waals surface area contributed by atoms with Gasteiger partial charge in [-0.3, -0.25) is 0 Å². The molecule has 36 heavy (non-hydrogen) atoms. The number of fused-ring (bicyclic) bond motifs is 1. The number of benzene rings is 3. The first-order valence-electron chi connectivity index (χ1n) is 12.6. The number of hydrogen-bond acceptors (Lipinski definition) is 6. The van der Waals surface area contributed by atoms with E-state index in [1.54, 1.807) is 0 Å². The van der Waals surface area contributed by atoms with Crippen LogP contribution in [0.25, 0.3) is 0 Å². The molecule has 1 fully saturated rings. The van der Waals surface area contributed by atoms with Crippen LogP contribution in [-0.2, 0) is 43.5 Å². The average molecular weight is 488 g/mol. The van der Waals surface area contributed by atoms with E-state index in [-0.39, 0.29) is 18.3 Å². The first kappa shape index (κ1) is 24.7. The highest BCUT2D eigenvalue weighted by Gasteiger charge is 2.51. The molecule has 0 amide bonds. The molecule has 0 aromatic heterocycles. The Labute approximate surface area is 212 Å². The van der Waals surface area contributed by atoms with Gasteiger partial charge in [0, 0.05) is 6.42 Å². The second-order valence-corrected chi connectivity index (χ2v) is 9.05. The minimum atomic E-state index is -0.442. The molecular formula is C30H33NO5. The lowest BCUT2D eigenvalue weighted by Gasteiger charge is -2.42. The third-order valence-corrected chi connectivity index (χ3v) is 6.42. The van der Waals surface area contributed by atoms with Crippen molar-refractivity contribution in [1.29, 1.82) is 0 Å². The van der Waals surface area contributed by atoms with Crippen molar-refractivity contribution in [2.75, 3.05) is 6.61 Å². The molecule has 1 saturated heterocycles. The topological polar surface area (TPSA) is 58.5 Å². The minimum absolute atomic E-state index is 0.358. The maximum Gasteiger partial charge on any atom is 0.191 e. The Hall–Kier alpha value is -3.03. The first-order valence-corrected chi connectivity index (χ1v) is 12.6. The van der Waals surface area contributed by atoms with E-state index < -0.39 is 12.3 Å². The van der Waals surface area contributed by atoms with Crippen molar-refractivity contribution in [3.8, 4) is 0 Å². The molecule has 0 saturated carbocycles. The van der Waals surface area contributed by atoms with E-state index in [1.807, 2.05) is 61.5 Å². The van der Waals surface area contributed by atoms with E-state index in [4.69, 9.17) is 23.7 Å². The molecule has 2 aliphatic rings. The minimum Gasteiger partial charge on any atom is -0.470 e. The molecule has 0 spiro atoms. The summed E-state index contributed by atoms with van der Waals surface area (Å²) in [7, 11) is 0. The molecule has 0 aliphatic carbocycles. The van der Waals surface area contributed by atoms with Gasteiger partial charge in [0.15, 0.2) is 18.2 Å². The van der Waals surface area contributed by atoms with Crippen LogP contribution in [0.3, 0.4) is 0 Å². The van der Waals surface area contributed by atoms with Gasteiger partial charge in [0.2, 0.25) is 0 Å². The fourth-order valence-electron chi connectivity index (χ4n) is 4.55. The van der Waals surface area contributed by atoms with Gasteiger partial charge in [0.25, 0.3) is 0 Å². The molecule has 0 N–H and O–H groups in total. The van der Waals surface area contributed by atoms with Gasteiger partial charge in [-0.15, -0.1) is 0 Å². The summed E-state index contributed by atoms with van der Waals surface area (Å²) < 4.78 is 31.7. The van der Waals surface area contributed by atoms with Crippen LogP contribution in [0.5, 0.6) is 0 Å². The van der Waals surface area contributed by atoms with Gasteiger partial charge in [-0.2, -0.15) is 0 Å². The Balaban J connectivity index is 1.35. The van der Waals surface area contributed by atoms with Gasteiger partial charge in [-0.1, -0.05) is 97.9 Å². The van der Waals surface area contributed by atoms with E-state index in [1.165, 1.54) is 0 Å². The van der Waals surface area contributed by atoms with Crippen molar-refractivity contribution >= 4 is 5.90 Å². The summed E-state index contributed by atoms with van der Waals surface area (Å²) in [5, 5.41) is 0. The molecule has 2 heterocycles. The van der Waals surface area contributed by atoms with Crippen LogP contribution in [0.4, 0.5) is 0 Å². The van der Waals surface area contributed by atoms with Crippen molar-refractivity contribution < 1.29 is 23.7 Å². The number of hydrogen-bond donors (Lipinski definition) is 0. The van der Waals surface area contributed by atoms with Crippen LogP contribution in [0.15, 0.2) is 96.0 Å². The first-order chi connectivity index (χ1) is 17.8. The van der Waals surface area contributed by atoms with Crippen molar-refractivity contribution in [1.82, 2.24) is 0 Å². The van der Waals surface area contributed by atoms with Crippen molar-refractivity contribution in [3.63, 3.8) is 0 Å². The van der Waals surface area contributed by atoms with Gasteiger partial charge in [0.05, 0.1) is 26.4 Å². The molecular weight excluding hydrogens is 454 g/mol. The number of rotatable bonds is 11. The predicted octanol–water partition coefficient (Wildman–Crippen LogP) is 5.31.